The topological polar surface area (TPSA) is 68.3 Å². The van der Waals surface area contributed by atoms with Crippen molar-refractivity contribution in [1.82, 2.24) is 9.80 Å². The number of rotatable bonds is 6. The highest BCUT2D eigenvalue weighted by Crippen LogP contribution is 2.30. The summed E-state index contributed by atoms with van der Waals surface area (Å²) in [4.78, 5) is 28.9. The van der Waals surface area contributed by atoms with Crippen molar-refractivity contribution in [3.05, 3.63) is 35.9 Å². The molecule has 148 valence electrons. The van der Waals surface area contributed by atoms with Crippen LogP contribution in [0.3, 0.4) is 0 Å². The number of carbonyl (C=O) groups is 2. The largest absolute Gasteiger partial charge is 0.445 e. The molecule has 2 aliphatic heterocycles. The van der Waals surface area contributed by atoms with Gasteiger partial charge in [-0.15, -0.1) is 23.5 Å². The molecule has 2 atom stereocenters. The number of amides is 2. The van der Waals surface area contributed by atoms with E-state index >= 15 is 0 Å². The van der Waals surface area contributed by atoms with Gasteiger partial charge in [0.15, 0.2) is 6.29 Å². The van der Waals surface area contributed by atoms with Gasteiger partial charge in [0.1, 0.15) is 12.6 Å². The Balaban J connectivity index is 1.62. The lowest BCUT2D eigenvalue weighted by Crippen LogP contribution is -2.53. The van der Waals surface area contributed by atoms with E-state index < -0.39 is 18.4 Å². The summed E-state index contributed by atoms with van der Waals surface area (Å²) < 4.78 is 16.1. The first-order valence-electron chi connectivity index (χ1n) is 8.64. The predicted molar refractivity (Wildman–Crippen MR) is 105 cm³/mol. The third-order valence-corrected chi connectivity index (χ3v) is 6.64. The molecule has 3 rings (SSSR count). The predicted octanol–water partition coefficient (Wildman–Crippen LogP) is 2.22. The Morgan fingerprint density at radius 3 is 2.44 bits per heavy atom. The van der Waals surface area contributed by atoms with Gasteiger partial charge in [0.25, 0.3) is 0 Å². The summed E-state index contributed by atoms with van der Waals surface area (Å²) in [7, 11) is 3.14. The number of thioether (sulfide) groups is 2. The third-order valence-electron chi connectivity index (χ3n) is 4.59. The van der Waals surface area contributed by atoms with E-state index in [2.05, 4.69) is 0 Å². The number of benzene rings is 1. The van der Waals surface area contributed by atoms with E-state index in [1.807, 2.05) is 30.3 Å². The van der Waals surface area contributed by atoms with Gasteiger partial charge in [-0.1, -0.05) is 30.3 Å². The van der Waals surface area contributed by atoms with Gasteiger partial charge >= 0.3 is 6.09 Å². The Kier molecular flexibility index (Phi) is 7.28. The van der Waals surface area contributed by atoms with Gasteiger partial charge in [-0.3, -0.25) is 9.69 Å². The standard InChI is InChI=1S/C18H24N2O5S2/c1-23-17(24-2)15-10-27-11-19(15)16(21)14-9-26-12-20(14)18(22)25-8-13-6-4-3-5-7-13/h3-7,14-15,17H,8-12H2,1-2H3/t14-,15+/m0/s1. The van der Waals surface area contributed by atoms with Crippen LogP contribution in [0.4, 0.5) is 4.79 Å². The fraction of sp³-hybridized carbons (Fsp3) is 0.556. The quantitative estimate of drug-likeness (QED) is 0.664. The molecule has 2 aliphatic rings. The van der Waals surface area contributed by atoms with Crippen LogP contribution in [0.1, 0.15) is 5.56 Å². The molecule has 1 aromatic rings. The smallest absolute Gasteiger partial charge is 0.411 e. The van der Waals surface area contributed by atoms with E-state index in [0.717, 1.165) is 11.3 Å². The molecule has 0 saturated carbocycles. The zero-order chi connectivity index (χ0) is 19.2. The van der Waals surface area contributed by atoms with E-state index in [4.69, 9.17) is 14.2 Å². The van der Waals surface area contributed by atoms with Crippen molar-refractivity contribution >= 4 is 35.5 Å². The van der Waals surface area contributed by atoms with Crippen molar-refractivity contribution in [3.63, 3.8) is 0 Å². The number of methoxy groups -OCH3 is 2. The van der Waals surface area contributed by atoms with Crippen molar-refractivity contribution in [2.24, 2.45) is 0 Å². The van der Waals surface area contributed by atoms with Crippen LogP contribution in [-0.4, -0.2) is 77.7 Å². The lowest BCUT2D eigenvalue weighted by atomic mass is 10.2. The second-order valence-corrected chi connectivity index (χ2v) is 8.24. The SMILES string of the molecule is COC(OC)[C@H]1CSCN1C(=O)[C@@H]1CSCN1C(=O)OCc1ccccc1. The summed E-state index contributed by atoms with van der Waals surface area (Å²) in [6, 6.07) is 8.82. The van der Waals surface area contributed by atoms with E-state index in [-0.39, 0.29) is 18.6 Å². The maximum absolute atomic E-state index is 13.1. The van der Waals surface area contributed by atoms with Crippen molar-refractivity contribution in [2.75, 3.05) is 37.5 Å². The van der Waals surface area contributed by atoms with Gasteiger partial charge in [0.2, 0.25) is 5.91 Å². The number of hydrogen-bond acceptors (Lipinski definition) is 7. The molecule has 0 N–H and O–H groups in total. The van der Waals surface area contributed by atoms with Crippen LogP contribution in [0.15, 0.2) is 30.3 Å². The average Bonchev–Trinajstić information content (AvgIpc) is 3.37. The maximum atomic E-state index is 13.1. The minimum absolute atomic E-state index is 0.0780. The van der Waals surface area contributed by atoms with Crippen LogP contribution < -0.4 is 0 Å². The Labute approximate surface area is 167 Å². The maximum Gasteiger partial charge on any atom is 0.411 e. The molecular weight excluding hydrogens is 388 g/mol. The molecule has 0 unspecified atom stereocenters. The van der Waals surface area contributed by atoms with E-state index in [9.17, 15) is 9.59 Å². The summed E-state index contributed by atoms with van der Waals surface area (Å²) in [6.07, 6.45) is -0.933. The van der Waals surface area contributed by atoms with Gasteiger partial charge in [0, 0.05) is 25.7 Å². The summed E-state index contributed by atoms with van der Waals surface area (Å²) in [6.45, 7) is 0.194. The molecule has 0 bridgehead atoms. The summed E-state index contributed by atoms with van der Waals surface area (Å²) >= 11 is 3.21. The third kappa shape index (κ3) is 4.71. The van der Waals surface area contributed by atoms with Crippen molar-refractivity contribution < 1.29 is 23.8 Å². The number of ether oxygens (including phenoxy) is 3. The minimum atomic E-state index is -0.520. The molecule has 0 radical (unpaired) electrons. The molecule has 2 amide bonds. The van der Waals surface area contributed by atoms with Gasteiger partial charge in [0.05, 0.1) is 17.8 Å². The number of hydrogen-bond donors (Lipinski definition) is 0. The lowest BCUT2D eigenvalue weighted by molar-refractivity contribution is -0.158. The van der Waals surface area contributed by atoms with Gasteiger partial charge in [-0.25, -0.2) is 4.79 Å². The minimum Gasteiger partial charge on any atom is -0.445 e. The molecule has 2 saturated heterocycles. The summed E-state index contributed by atoms with van der Waals surface area (Å²) in [5, 5.41) is 0. The normalized spacial score (nSPS) is 22.5. The summed E-state index contributed by atoms with van der Waals surface area (Å²) in [5.74, 6) is 2.26. The van der Waals surface area contributed by atoms with Crippen LogP contribution in [0.25, 0.3) is 0 Å². The number of carbonyl (C=O) groups excluding carboxylic acids is 2. The van der Waals surface area contributed by atoms with E-state index in [0.29, 0.717) is 17.5 Å². The van der Waals surface area contributed by atoms with Crippen molar-refractivity contribution in [3.8, 4) is 0 Å². The highest BCUT2D eigenvalue weighted by Gasteiger charge is 2.43. The zero-order valence-corrected chi connectivity index (χ0v) is 17.0. The first kappa shape index (κ1) is 20.3. The monoisotopic (exact) mass is 412 g/mol. The Bertz CT molecular complexity index is 644. The fourth-order valence-corrected chi connectivity index (χ4v) is 5.47. The van der Waals surface area contributed by atoms with Gasteiger partial charge in [-0.05, 0) is 5.56 Å². The molecule has 1 aromatic carbocycles. The molecule has 9 heteroatoms. The Morgan fingerprint density at radius 1 is 1.07 bits per heavy atom. The van der Waals surface area contributed by atoms with Gasteiger partial charge < -0.3 is 19.1 Å². The van der Waals surface area contributed by atoms with Crippen LogP contribution in [0, 0.1) is 0 Å². The van der Waals surface area contributed by atoms with Crippen LogP contribution in [0.2, 0.25) is 0 Å². The first-order valence-corrected chi connectivity index (χ1v) is 11.0. The molecule has 0 aromatic heterocycles. The number of nitrogens with zero attached hydrogens (tertiary/aromatic N) is 2. The van der Waals surface area contributed by atoms with Crippen LogP contribution >= 0.6 is 23.5 Å². The zero-order valence-electron chi connectivity index (χ0n) is 15.4. The first-order chi connectivity index (χ1) is 13.2. The van der Waals surface area contributed by atoms with Crippen molar-refractivity contribution in [2.45, 2.75) is 25.0 Å². The summed E-state index contributed by atoms with van der Waals surface area (Å²) in [5.41, 5.74) is 0.916. The van der Waals surface area contributed by atoms with E-state index in [1.165, 1.54) is 4.90 Å². The lowest BCUT2D eigenvalue weighted by Gasteiger charge is -2.32. The van der Waals surface area contributed by atoms with Gasteiger partial charge in [-0.2, -0.15) is 0 Å². The molecule has 7 nitrogen and oxygen atoms in total. The molecule has 0 spiro atoms. The van der Waals surface area contributed by atoms with Crippen molar-refractivity contribution in [1.29, 1.82) is 0 Å². The van der Waals surface area contributed by atoms with Crippen LogP contribution in [-0.2, 0) is 25.6 Å². The Morgan fingerprint density at radius 2 is 1.74 bits per heavy atom. The van der Waals surface area contributed by atoms with Crippen LogP contribution in [0.5, 0.6) is 0 Å². The fourth-order valence-electron chi connectivity index (χ4n) is 3.14. The molecule has 2 heterocycles. The molecule has 0 aliphatic carbocycles. The average molecular weight is 413 g/mol. The molecule has 27 heavy (non-hydrogen) atoms. The highest BCUT2D eigenvalue weighted by molar-refractivity contribution is 7.99. The Hall–Kier alpha value is -1.42. The molecule has 2 fully saturated rings. The molecular formula is C18H24N2O5S2. The second-order valence-electron chi connectivity index (χ2n) is 6.24. The highest BCUT2D eigenvalue weighted by atomic mass is 32.2. The second kappa shape index (κ2) is 9.68. The van der Waals surface area contributed by atoms with E-state index in [1.54, 1.807) is 42.6 Å².